The summed E-state index contributed by atoms with van der Waals surface area (Å²) in [4.78, 5) is 21.8. The second-order valence-corrected chi connectivity index (χ2v) is 7.94. The lowest BCUT2D eigenvalue weighted by Gasteiger charge is -2.34. The molecule has 0 fully saturated rings. The largest absolute Gasteiger partial charge is 0.461 e. The third-order valence-electron chi connectivity index (χ3n) is 4.42. The predicted octanol–water partition coefficient (Wildman–Crippen LogP) is 4.02. The number of esters is 1. The molecular weight excluding hydrogens is 296 g/mol. The van der Waals surface area contributed by atoms with Gasteiger partial charge in [-0.15, -0.1) is 0 Å². The van der Waals surface area contributed by atoms with Gasteiger partial charge in [0.25, 0.3) is 0 Å². The van der Waals surface area contributed by atoms with E-state index in [1.54, 1.807) is 6.92 Å². The highest BCUT2D eigenvalue weighted by atomic mass is 32.1. The summed E-state index contributed by atoms with van der Waals surface area (Å²) in [6.45, 7) is 9.07. The lowest BCUT2D eigenvalue weighted by Crippen LogP contribution is -2.27. The second kappa shape index (κ2) is 5.61. The first-order chi connectivity index (χ1) is 10.4. The van der Waals surface area contributed by atoms with E-state index < -0.39 is 0 Å². The number of aromatic nitrogens is 2. The number of aryl methyl sites for hydroxylation is 1. The molecule has 0 spiro atoms. The Morgan fingerprint density at radius 2 is 2.18 bits per heavy atom. The summed E-state index contributed by atoms with van der Waals surface area (Å²) < 4.78 is 5.03. The van der Waals surface area contributed by atoms with Crippen LogP contribution in [-0.4, -0.2) is 22.5 Å². The molecule has 0 N–H and O–H groups in total. The maximum atomic E-state index is 11.8. The minimum atomic E-state index is -0.351. The van der Waals surface area contributed by atoms with Gasteiger partial charge in [-0.05, 0) is 49.1 Å². The molecule has 0 unspecified atom stereocenters. The van der Waals surface area contributed by atoms with Crippen molar-refractivity contribution in [2.24, 2.45) is 11.3 Å². The fraction of sp³-hybridized carbons (Fsp3) is 0.588. The van der Waals surface area contributed by atoms with Crippen LogP contribution in [0, 0.1) is 11.3 Å². The summed E-state index contributed by atoms with van der Waals surface area (Å²) in [5.74, 6) is 0.318. The molecule has 4 nitrogen and oxygen atoms in total. The lowest BCUT2D eigenvalue weighted by atomic mass is 9.71. The summed E-state index contributed by atoms with van der Waals surface area (Å²) in [6, 6.07) is 2.12. The number of carbonyl (C=O) groups excluding carboxylic acids is 1. The Kier molecular flexibility index (Phi) is 3.93. The second-order valence-electron chi connectivity index (χ2n) is 6.96. The molecule has 3 rings (SSSR count). The van der Waals surface area contributed by atoms with Gasteiger partial charge in [-0.25, -0.2) is 14.8 Å². The van der Waals surface area contributed by atoms with Crippen LogP contribution in [0.5, 0.6) is 0 Å². The molecule has 5 heteroatoms. The third-order valence-corrected chi connectivity index (χ3v) is 5.37. The topological polar surface area (TPSA) is 52.1 Å². The van der Waals surface area contributed by atoms with E-state index in [1.165, 1.54) is 29.0 Å². The third kappa shape index (κ3) is 2.86. The molecule has 0 saturated carbocycles. The van der Waals surface area contributed by atoms with Crippen molar-refractivity contribution in [1.82, 2.24) is 9.97 Å². The number of pyridine rings is 1. The van der Waals surface area contributed by atoms with Crippen molar-refractivity contribution in [3.8, 4) is 0 Å². The molecule has 118 valence electrons. The average Bonchev–Trinajstić information content (AvgIpc) is 2.86. The minimum Gasteiger partial charge on any atom is -0.461 e. The van der Waals surface area contributed by atoms with E-state index in [-0.39, 0.29) is 5.97 Å². The van der Waals surface area contributed by atoms with Crippen LogP contribution in [-0.2, 0) is 17.6 Å². The number of fused-ring (bicyclic) bond motifs is 2. The first-order valence-electron chi connectivity index (χ1n) is 7.85. The number of ether oxygens (including phenoxy) is 1. The fourth-order valence-electron chi connectivity index (χ4n) is 3.03. The fourth-order valence-corrected chi connectivity index (χ4v) is 3.87. The number of nitrogens with zero attached hydrogens (tertiary/aromatic N) is 2. The van der Waals surface area contributed by atoms with Crippen molar-refractivity contribution in [1.29, 1.82) is 0 Å². The molecule has 0 bridgehead atoms. The molecule has 22 heavy (non-hydrogen) atoms. The van der Waals surface area contributed by atoms with E-state index >= 15 is 0 Å². The Labute approximate surface area is 134 Å². The van der Waals surface area contributed by atoms with Gasteiger partial charge in [0.05, 0.1) is 6.61 Å². The van der Waals surface area contributed by atoms with Gasteiger partial charge in [0, 0.05) is 5.69 Å². The number of thiazole rings is 1. The van der Waals surface area contributed by atoms with E-state index in [0.29, 0.717) is 22.9 Å². The maximum Gasteiger partial charge on any atom is 0.367 e. The minimum absolute atomic E-state index is 0.310. The van der Waals surface area contributed by atoms with E-state index in [1.807, 2.05) is 0 Å². The Morgan fingerprint density at radius 1 is 1.41 bits per heavy atom. The molecule has 1 aliphatic rings. The van der Waals surface area contributed by atoms with Gasteiger partial charge in [0.15, 0.2) is 0 Å². The highest BCUT2D eigenvalue weighted by Gasteiger charge is 2.30. The lowest BCUT2D eigenvalue weighted by molar-refractivity contribution is 0.0526. The van der Waals surface area contributed by atoms with Gasteiger partial charge in [0.2, 0.25) is 5.01 Å². The van der Waals surface area contributed by atoms with Crippen LogP contribution in [0.3, 0.4) is 0 Å². The number of hydrogen-bond donors (Lipinski definition) is 0. The summed E-state index contributed by atoms with van der Waals surface area (Å²) in [5, 5.41) is 0.402. The van der Waals surface area contributed by atoms with E-state index in [2.05, 4.69) is 31.8 Å². The van der Waals surface area contributed by atoms with Gasteiger partial charge in [-0.3, -0.25) is 0 Å². The molecule has 0 aliphatic heterocycles. The molecule has 2 aromatic heterocycles. The van der Waals surface area contributed by atoms with Gasteiger partial charge in [-0.1, -0.05) is 32.1 Å². The first kappa shape index (κ1) is 15.4. The first-order valence-corrected chi connectivity index (χ1v) is 8.66. The smallest absolute Gasteiger partial charge is 0.367 e. The number of carbonyl (C=O) groups is 1. The Hall–Kier alpha value is -1.49. The van der Waals surface area contributed by atoms with Crippen molar-refractivity contribution in [3.63, 3.8) is 0 Å². The number of hydrogen-bond acceptors (Lipinski definition) is 5. The maximum absolute atomic E-state index is 11.8. The monoisotopic (exact) mass is 318 g/mol. The molecule has 1 atom stereocenters. The van der Waals surface area contributed by atoms with Crippen LogP contribution in [0.15, 0.2) is 6.07 Å². The van der Waals surface area contributed by atoms with Crippen LogP contribution >= 0.6 is 11.3 Å². The molecule has 0 amide bonds. The molecule has 0 radical (unpaired) electrons. The van der Waals surface area contributed by atoms with Crippen molar-refractivity contribution in [3.05, 3.63) is 22.3 Å². The van der Waals surface area contributed by atoms with E-state index in [4.69, 9.17) is 9.72 Å². The Bertz CT molecular complexity index is 715. The Balaban J connectivity index is 1.95. The predicted molar refractivity (Wildman–Crippen MR) is 88.3 cm³/mol. The normalized spacial score (nSPS) is 18.3. The molecule has 1 aliphatic carbocycles. The zero-order valence-corrected chi connectivity index (χ0v) is 14.4. The molecule has 0 aromatic carbocycles. The average molecular weight is 318 g/mol. The summed E-state index contributed by atoms with van der Waals surface area (Å²) in [6.07, 6.45) is 3.24. The van der Waals surface area contributed by atoms with Gasteiger partial charge >= 0.3 is 5.97 Å². The quantitative estimate of drug-likeness (QED) is 0.785. The zero-order chi connectivity index (χ0) is 15.9. The van der Waals surface area contributed by atoms with Gasteiger partial charge in [0.1, 0.15) is 10.3 Å². The molecule has 0 saturated heterocycles. The van der Waals surface area contributed by atoms with Crippen LogP contribution in [0.1, 0.15) is 55.2 Å². The molecular formula is C17H22N2O2S. The summed E-state index contributed by atoms with van der Waals surface area (Å²) >= 11 is 1.33. The van der Waals surface area contributed by atoms with Crippen molar-refractivity contribution < 1.29 is 9.53 Å². The Morgan fingerprint density at radius 3 is 2.86 bits per heavy atom. The zero-order valence-electron chi connectivity index (χ0n) is 13.6. The molecule has 2 heterocycles. The van der Waals surface area contributed by atoms with Crippen LogP contribution in [0.4, 0.5) is 0 Å². The van der Waals surface area contributed by atoms with Crippen LogP contribution < -0.4 is 0 Å². The van der Waals surface area contributed by atoms with Crippen molar-refractivity contribution in [2.75, 3.05) is 6.61 Å². The highest BCUT2D eigenvalue weighted by Crippen LogP contribution is 2.38. The number of rotatable bonds is 2. The van der Waals surface area contributed by atoms with E-state index in [0.717, 1.165) is 23.2 Å². The summed E-state index contributed by atoms with van der Waals surface area (Å²) in [5.41, 5.74) is 3.60. The summed E-state index contributed by atoms with van der Waals surface area (Å²) in [7, 11) is 0. The van der Waals surface area contributed by atoms with Crippen LogP contribution in [0.25, 0.3) is 10.3 Å². The van der Waals surface area contributed by atoms with Gasteiger partial charge < -0.3 is 4.74 Å². The highest BCUT2D eigenvalue weighted by molar-refractivity contribution is 7.19. The van der Waals surface area contributed by atoms with Crippen molar-refractivity contribution >= 4 is 27.7 Å². The van der Waals surface area contributed by atoms with Crippen molar-refractivity contribution in [2.45, 2.75) is 47.0 Å². The van der Waals surface area contributed by atoms with Gasteiger partial charge in [-0.2, -0.15) is 0 Å². The van der Waals surface area contributed by atoms with Crippen LogP contribution in [0.2, 0.25) is 0 Å². The SMILES string of the molecule is CCOC(=O)c1nc2cc3c(nc2s1)CC[C@H](C(C)(C)C)C3. The van der Waals surface area contributed by atoms with E-state index in [9.17, 15) is 4.79 Å². The molecule has 2 aromatic rings. The standard InChI is InChI=1S/C17H22N2O2S/c1-5-21-16(20)15-19-13-9-10-8-11(17(2,3)4)6-7-12(10)18-14(13)22-15/h9,11H,5-8H2,1-4H3/t11-/m0/s1.